The van der Waals surface area contributed by atoms with Gasteiger partial charge in [0.05, 0.1) is 25.4 Å². The Labute approximate surface area is 216 Å². The molecule has 1 saturated carbocycles. The number of hydrogen-bond donors (Lipinski definition) is 2. The molecular formula is C25H26ClN5O4S. The van der Waals surface area contributed by atoms with E-state index in [9.17, 15) is 14.4 Å². The predicted octanol–water partition coefficient (Wildman–Crippen LogP) is 3.76. The minimum absolute atomic E-state index is 0.213. The Kier molecular flexibility index (Phi) is 7.17. The lowest BCUT2D eigenvalue weighted by Gasteiger charge is -2.24. The second-order valence-electron chi connectivity index (χ2n) is 9.02. The number of hydrogen-bond acceptors (Lipinski definition) is 7. The number of aromatic nitrogens is 2. The van der Waals surface area contributed by atoms with Gasteiger partial charge in [-0.2, -0.15) is 0 Å². The number of thiazole rings is 1. The molecule has 9 nitrogen and oxygen atoms in total. The predicted molar refractivity (Wildman–Crippen MR) is 138 cm³/mol. The Bertz CT molecular complexity index is 1360. The zero-order valence-electron chi connectivity index (χ0n) is 19.8. The first-order chi connectivity index (χ1) is 17.4. The highest BCUT2D eigenvalue weighted by atomic mass is 35.5. The van der Waals surface area contributed by atoms with Gasteiger partial charge in [0.2, 0.25) is 0 Å². The molecule has 1 aliphatic heterocycles. The van der Waals surface area contributed by atoms with Crippen molar-refractivity contribution >= 4 is 57.3 Å². The van der Waals surface area contributed by atoms with Gasteiger partial charge in [-0.05, 0) is 43.5 Å². The van der Waals surface area contributed by atoms with Crippen molar-refractivity contribution < 1.29 is 19.1 Å². The van der Waals surface area contributed by atoms with Crippen LogP contribution in [-0.4, -0.2) is 64.6 Å². The van der Waals surface area contributed by atoms with Gasteiger partial charge >= 0.3 is 11.9 Å². The quantitative estimate of drug-likeness (QED) is 0.488. The van der Waals surface area contributed by atoms with Crippen LogP contribution < -0.4 is 5.32 Å². The number of nitrogens with zero attached hydrogens (tertiary/aromatic N) is 3. The summed E-state index contributed by atoms with van der Waals surface area (Å²) in [4.78, 5) is 52.6. The maximum atomic E-state index is 13.0. The smallest absolute Gasteiger partial charge is 0.319 e. The molecule has 1 aromatic carbocycles. The number of carbonyl (C=O) groups is 3. The van der Waals surface area contributed by atoms with Crippen LogP contribution in [0, 0.1) is 0 Å². The minimum atomic E-state index is -0.384. The number of carbonyl (C=O) groups excluding carboxylic acids is 3. The van der Waals surface area contributed by atoms with Gasteiger partial charge in [0.15, 0.2) is 5.01 Å². The van der Waals surface area contributed by atoms with Gasteiger partial charge in [-0.1, -0.05) is 18.0 Å². The zero-order chi connectivity index (χ0) is 25.2. The third-order valence-corrected chi connectivity index (χ3v) is 7.83. The molecule has 2 N–H and O–H groups in total. The molecule has 3 aromatic rings. The summed E-state index contributed by atoms with van der Waals surface area (Å²) in [5.74, 6) is -0.914. The number of H-pyrrole nitrogens is 1. The Morgan fingerprint density at radius 2 is 2.14 bits per heavy atom. The normalized spacial score (nSPS) is 19.3. The highest BCUT2D eigenvalue weighted by molar-refractivity contribution is 7.13. The molecule has 3 heterocycles. The monoisotopic (exact) mass is 527 g/mol. The van der Waals surface area contributed by atoms with E-state index in [2.05, 4.69) is 20.3 Å². The van der Waals surface area contributed by atoms with Crippen LogP contribution in [0.25, 0.3) is 10.9 Å². The summed E-state index contributed by atoms with van der Waals surface area (Å²) in [6.45, 7) is 1.45. The van der Waals surface area contributed by atoms with E-state index in [4.69, 9.17) is 16.3 Å². The van der Waals surface area contributed by atoms with Gasteiger partial charge in [0, 0.05) is 46.0 Å². The number of aliphatic imine (C=N–C) groups is 1. The molecule has 1 fully saturated rings. The van der Waals surface area contributed by atoms with Crippen LogP contribution in [0.3, 0.4) is 0 Å². The largest absolute Gasteiger partial charge is 0.468 e. The fourth-order valence-electron chi connectivity index (χ4n) is 4.65. The van der Waals surface area contributed by atoms with Crippen LogP contribution in [0.5, 0.6) is 0 Å². The molecule has 0 unspecified atom stereocenters. The Morgan fingerprint density at radius 1 is 1.28 bits per heavy atom. The lowest BCUT2D eigenvalue weighted by Crippen LogP contribution is -2.43. The Balaban J connectivity index is 1.29. The van der Waals surface area contributed by atoms with Crippen molar-refractivity contribution in [3.05, 3.63) is 50.6 Å². The van der Waals surface area contributed by atoms with Crippen molar-refractivity contribution in [1.82, 2.24) is 20.2 Å². The zero-order valence-corrected chi connectivity index (χ0v) is 21.4. The molecule has 0 radical (unpaired) electrons. The van der Waals surface area contributed by atoms with E-state index in [1.54, 1.807) is 18.2 Å². The standard InChI is InChI=1S/C25H26ClN5O4S/c1-35-22(32)13-31-9-8-19-21(12-31)36-25(30-19)24(34)29-18-5-3-2-4-17(18)28-23(33)20-11-14-10-15(26)6-7-16(14)27-20/h6-7,10-11,17,27H,2-5,8-9,12-13H2,1H3,(H,28,33)/t17-/m0/s1. The second kappa shape index (κ2) is 10.5. The number of rotatable bonds is 5. The molecule has 0 saturated heterocycles. The van der Waals surface area contributed by atoms with Gasteiger partial charge in [0.1, 0.15) is 5.69 Å². The molecule has 0 spiro atoms. The molecule has 0 bridgehead atoms. The number of ether oxygens (including phenoxy) is 1. The first-order valence-electron chi connectivity index (χ1n) is 11.9. The first-order valence-corrected chi connectivity index (χ1v) is 13.1. The molecule has 2 aliphatic rings. The summed E-state index contributed by atoms with van der Waals surface area (Å²) in [7, 11) is 1.37. The topological polar surface area (TPSA) is 117 Å². The Hall–Kier alpha value is -3.08. The average molecular weight is 528 g/mol. The van der Waals surface area contributed by atoms with Crippen LogP contribution in [0.1, 0.15) is 56.5 Å². The lowest BCUT2D eigenvalue weighted by molar-refractivity contribution is -0.142. The highest BCUT2D eigenvalue weighted by Gasteiger charge is 2.27. The van der Waals surface area contributed by atoms with E-state index in [0.717, 1.165) is 40.7 Å². The number of benzene rings is 1. The van der Waals surface area contributed by atoms with E-state index in [1.807, 2.05) is 11.0 Å². The summed E-state index contributed by atoms with van der Waals surface area (Å²) < 4.78 is 4.75. The van der Waals surface area contributed by atoms with Crippen LogP contribution in [0.2, 0.25) is 5.02 Å². The fourth-order valence-corrected chi connectivity index (χ4v) is 5.86. The average Bonchev–Trinajstić information content (AvgIpc) is 3.49. The molecule has 1 atom stereocenters. The molecule has 2 aromatic heterocycles. The number of fused-ring (bicyclic) bond motifs is 2. The summed E-state index contributed by atoms with van der Waals surface area (Å²) in [6, 6.07) is 6.87. The van der Waals surface area contributed by atoms with Crippen molar-refractivity contribution in [2.45, 2.75) is 44.7 Å². The van der Waals surface area contributed by atoms with Gasteiger partial charge in [0.25, 0.3) is 5.91 Å². The first kappa shape index (κ1) is 24.6. The number of halogens is 1. The van der Waals surface area contributed by atoms with E-state index in [0.29, 0.717) is 47.4 Å². The van der Waals surface area contributed by atoms with Crippen molar-refractivity contribution in [3.63, 3.8) is 0 Å². The summed E-state index contributed by atoms with van der Waals surface area (Å²) >= 11 is 7.38. The van der Waals surface area contributed by atoms with Crippen molar-refractivity contribution in [2.75, 3.05) is 20.2 Å². The van der Waals surface area contributed by atoms with Crippen LogP contribution in [0.15, 0.2) is 29.3 Å². The number of aromatic amines is 1. The van der Waals surface area contributed by atoms with Crippen molar-refractivity contribution in [2.24, 2.45) is 4.99 Å². The molecule has 2 amide bonds. The minimum Gasteiger partial charge on any atom is -0.468 e. The van der Waals surface area contributed by atoms with E-state index < -0.39 is 0 Å². The SMILES string of the molecule is COC(=O)CN1CCc2nc(C(=O)N=C3CCCC[C@@H]3NC(=O)c3cc4cc(Cl)ccc4[nH]3)sc2C1. The number of methoxy groups -OCH3 is 1. The third kappa shape index (κ3) is 5.35. The lowest BCUT2D eigenvalue weighted by atomic mass is 9.93. The van der Waals surface area contributed by atoms with Crippen LogP contribution in [-0.2, 0) is 22.5 Å². The van der Waals surface area contributed by atoms with E-state index >= 15 is 0 Å². The number of nitrogens with one attached hydrogen (secondary N) is 2. The molecular weight excluding hydrogens is 502 g/mol. The van der Waals surface area contributed by atoms with E-state index in [-0.39, 0.29) is 30.4 Å². The van der Waals surface area contributed by atoms with Gasteiger partial charge in [-0.15, -0.1) is 11.3 Å². The highest BCUT2D eigenvalue weighted by Crippen LogP contribution is 2.27. The summed E-state index contributed by atoms with van der Waals surface area (Å²) in [5, 5.41) is 4.85. The molecule has 11 heteroatoms. The molecule has 1 aliphatic carbocycles. The van der Waals surface area contributed by atoms with Crippen LogP contribution >= 0.6 is 22.9 Å². The molecule has 36 heavy (non-hydrogen) atoms. The van der Waals surface area contributed by atoms with Crippen molar-refractivity contribution in [3.8, 4) is 0 Å². The summed E-state index contributed by atoms with van der Waals surface area (Å²) in [5.41, 5.74) is 2.83. The fraction of sp³-hybridized carbons (Fsp3) is 0.400. The maximum Gasteiger partial charge on any atom is 0.319 e. The molecule has 5 rings (SSSR count). The van der Waals surface area contributed by atoms with Gasteiger partial charge in [-0.25, -0.2) is 9.98 Å². The summed E-state index contributed by atoms with van der Waals surface area (Å²) in [6.07, 6.45) is 3.90. The van der Waals surface area contributed by atoms with Gasteiger partial charge < -0.3 is 15.0 Å². The van der Waals surface area contributed by atoms with E-state index in [1.165, 1.54) is 18.4 Å². The van der Waals surface area contributed by atoms with Gasteiger partial charge in [-0.3, -0.25) is 19.3 Å². The number of amides is 2. The number of esters is 1. The second-order valence-corrected chi connectivity index (χ2v) is 10.5. The van der Waals surface area contributed by atoms with Crippen LogP contribution in [0.4, 0.5) is 0 Å². The van der Waals surface area contributed by atoms with Crippen molar-refractivity contribution in [1.29, 1.82) is 0 Å². The third-order valence-electron chi connectivity index (χ3n) is 6.53. The molecule has 188 valence electrons. The Morgan fingerprint density at radius 3 is 2.97 bits per heavy atom. The maximum absolute atomic E-state index is 13.0.